The monoisotopic (exact) mass is 312 g/mol. The van der Waals surface area contributed by atoms with Crippen molar-refractivity contribution in [3.8, 4) is 0 Å². The molecule has 0 spiro atoms. The molecule has 0 atom stereocenters. The predicted molar refractivity (Wildman–Crippen MR) is 84.8 cm³/mol. The minimum Gasteiger partial charge on any atom is -0.351 e. The molecule has 1 saturated carbocycles. The van der Waals surface area contributed by atoms with E-state index in [1.54, 1.807) is 0 Å². The summed E-state index contributed by atoms with van der Waals surface area (Å²) >= 11 is 0. The minimum atomic E-state index is -0.0300. The summed E-state index contributed by atoms with van der Waals surface area (Å²) in [7, 11) is 0. The van der Waals surface area contributed by atoms with E-state index in [2.05, 4.69) is 20.8 Å². The van der Waals surface area contributed by atoms with Crippen molar-refractivity contribution in [3.63, 3.8) is 0 Å². The van der Waals surface area contributed by atoms with E-state index in [4.69, 9.17) is 0 Å². The van der Waals surface area contributed by atoms with Crippen LogP contribution in [0.4, 0.5) is 0 Å². The van der Waals surface area contributed by atoms with Crippen molar-refractivity contribution in [2.45, 2.75) is 51.5 Å². The quantitative estimate of drug-likeness (QED) is 0.730. The fraction of sp³-hybridized carbons (Fsp3) is 0.733. The highest BCUT2D eigenvalue weighted by molar-refractivity contribution is 5.94. The van der Waals surface area contributed by atoms with Gasteiger partial charge in [-0.15, -0.1) is 12.4 Å². The van der Waals surface area contributed by atoms with Crippen molar-refractivity contribution in [2.75, 3.05) is 13.1 Å². The van der Waals surface area contributed by atoms with Crippen LogP contribution in [0, 0.1) is 5.92 Å². The third kappa shape index (κ3) is 3.98. The molecular weight excluding hydrogens is 288 g/mol. The van der Waals surface area contributed by atoms with Crippen LogP contribution in [0.1, 0.15) is 60.3 Å². The van der Waals surface area contributed by atoms with Crippen molar-refractivity contribution in [1.82, 2.24) is 20.8 Å². The maximum Gasteiger partial charge on any atom is 0.272 e. The van der Waals surface area contributed by atoms with Crippen molar-refractivity contribution < 1.29 is 4.79 Å². The Morgan fingerprint density at radius 2 is 2.14 bits per heavy atom. The minimum absolute atomic E-state index is 0. The first-order chi connectivity index (χ1) is 9.84. The first-order valence-corrected chi connectivity index (χ1v) is 7.89. The average Bonchev–Trinajstić information content (AvgIpc) is 3.12. The molecule has 0 radical (unpaired) electrons. The number of amides is 1. The number of rotatable bonds is 5. The number of aromatic amines is 1. The van der Waals surface area contributed by atoms with Gasteiger partial charge in [-0.25, -0.2) is 0 Å². The highest BCUT2D eigenvalue weighted by atomic mass is 35.5. The van der Waals surface area contributed by atoms with Crippen LogP contribution in [0.3, 0.4) is 0 Å². The molecule has 1 aromatic heterocycles. The molecular formula is C15H25ClN4O. The normalized spacial score (nSPS) is 18.1. The van der Waals surface area contributed by atoms with E-state index >= 15 is 0 Å². The van der Waals surface area contributed by atoms with Gasteiger partial charge in [0.05, 0.1) is 0 Å². The Bertz CT molecular complexity index is 468. The Balaban J connectivity index is 0.00000161. The average molecular weight is 313 g/mol. The Labute approximate surface area is 132 Å². The van der Waals surface area contributed by atoms with Crippen LogP contribution in [0.25, 0.3) is 0 Å². The number of nitrogens with one attached hydrogen (secondary N) is 3. The molecule has 0 saturated heterocycles. The smallest absolute Gasteiger partial charge is 0.272 e. The molecule has 2 heterocycles. The van der Waals surface area contributed by atoms with E-state index in [0.29, 0.717) is 5.69 Å². The van der Waals surface area contributed by atoms with Gasteiger partial charge in [-0.05, 0) is 18.8 Å². The summed E-state index contributed by atoms with van der Waals surface area (Å²) in [6, 6.07) is 0. The van der Waals surface area contributed by atoms with Crippen molar-refractivity contribution >= 4 is 18.3 Å². The van der Waals surface area contributed by atoms with E-state index < -0.39 is 0 Å². The van der Waals surface area contributed by atoms with Gasteiger partial charge in [0.25, 0.3) is 5.91 Å². The molecule has 0 aromatic carbocycles. The molecule has 1 aromatic rings. The molecule has 0 unspecified atom stereocenters. The summed E-state index contributed by atoms with van der Waals surface area (Å²) in [4.78, 5) is 12.2. The molecule has 3 N–H and O–H groups in total. The number of aromatic nitrogens is 2. The van der Waals surface area contributed by atoms with Crippen LogP contribution in [0.2, 0.25) is 0 Å². The third-order valence-corrected chi connectivity index (χ3v) is 4.57. The molecule has 0 bridgehead atoms. The summed E-state index contributed by atoms with van der Waals surface area (Å²) < 4.78 is 0. The number of halogens is 1. The fourth-order valence-electron chi connectivity index (χ4n) is 3.39. The second-order valence-electron chi connectivity index (χ2n) is 6.00. The molecule has 21 heavy (non-hydrogen) atoms. The number of nitrogens with zero attached hydrogens (tertiary/aromatic N) is 1. The summed E-state index contributed by atoms with van der Waals surface area (Å²) in [6.45, 7) is 2.47. The van der Waals surface area contributed by atoms with Crippen molar-refractivity contribution in [3.05, 3.63) is 17.0 Å². The summed E-state index contributed by atoms with van der Waals surface area (Å²) in [5.74, 6) is 0.867. The van der Waals surface area contributed by atoms with E-state index in [9.17, 15) is 4.79 Å². The zero-order valence-electron chi connectivity index (χ0n) is 12.4. The zero-order valence-corrected chi connectivity index (χ0v) is 13.2. The van der Waals surface area contributed by atoms with Gasteiger partial charge in [0, 0.05) is 37.3 Å². The van der Waals surface area contributed by atoms with Gasteiger partial charge >= 0.3 is 0 Å². The zero-order chi connectivity index (χ0) is 13.8. The molecule has 3 rings (SSSR count). The maximum absolute atomic E-state index is 12.2. The number of H-pyrrole nitrogens is 1. The van der Waals surface area contributed by atoms with Gasteiger partial charge in [0.15, 0.2) is 5.69 Å². The fourth-order valence-corrected chi connectivity index (χ4v) is 3.39. The van der Waals surface area contributed by atoms with Crippen LogP contribution in [-0.2, 0) is 13.0 Å². The van der Waals surface area contributed by atoms with Gasteiger partial charge < -0.3 is 10.6 Å². The lowest BCUT2D eigenvalue weighted by Crippen LogP contribution is -2.29. The Kier molecular flexibility index (Phi) is 6.06. The number of fused-ring (bicyclic) bond motifs is 1. The van der Waals surface area contributed by atoms with E-state index in [1.807, 2.05) is 0 Å². The van der Waals surface area contributed by atoms with Crippen LogP contribution >= 0.6 is 12.4 Å². The van der Waals surface area contributed by atoms with Gasteiger partial charge in [-0.1, -0.05) is 25.7 Å². The number of carbonyl (C=O) groups excluding carboxylic acids is 1. The second kappa shape index (κ2) is 7.80. The van der Waals surface area contributed by atoms with Crippen LogP contribution in [-0.4, -0.2) is 29.2 Å². The maximum atomic E-state index is 12.2. The van der Waals surface area contributed by atoms with Crippen molar-refractivity contribution in [1.29, 1.82) is 0 Å². The molecule has 1 aliphatic carbocycles. The Morgan fingerprint density at radius 3 is 2.95 bits per heavy atom. The lowest BCUT2D eigenvalue weighted by molar-refractivity contribution is 0.0946. The Hall–Kier alpha value is -1.07. The summed E-state index contributed by atoms with van der Waals surface area (Å²) in [5.41, 5.74) is 2.73. The highest BCUT2D eigenvalue weighted by Crippen LogP contribution is 2.28. The van der Waals surface area contributed by atoms with Gasteiger partial charge in [0.1, 0.15) is 0 Å². The lowest BCUT2D eigenvalue weighted by atomic mass is 10.0. The molecule has 5 nitrogen and oxygen atoms in total. The van der Waals surface area contributed by atoms with Crippen LogP contribution in [0.15, 0.2) is 0 Å². The second-order valence-corrected chi connectivity index (χ2v) is 6.00. The molecule has 2 aliphatic rings. The molecule has 118 valence electrons. The van der Waals surface area contributed by atoms with Gasteiger partial charge in [-0.3, -0.25) is 9.89 Å². The van der Waals surface area contributed by atoms with Crippen LogP contribution < -0.4 is 10.6 Å². The predicted octanol–water partition coefficient (Wildman–Crippen LogP) is 2.18. The highest BCUT2D eigenvalue weighted by Gasteiger charge is 2.21. The van der Waals surface area contributed by atoms with E-state index in [0.717, 1.165) is 49.7 Å². The molecule has 1 amide bonds. The van der Waals surface area contributed by atoms with Crippen molar-refractivity contribution in [2.24, 2.45) is 5.92 Å². The third-order valence-electron chi connectivity index (χ3n) is 4.57. The van der Waals surface area contributed by atoms with E-state index in [-0.39, 0.29) is 18.3 Å². The number of hydrogen-bond acceptors (Lipinski definition) is 3. The standard InChI is InChI=1S/C15H24N4O.ClH/c20-15(17-8-3-6-11-4-1-2-5-11)14-12-10-16-9-7-13(12)18-19-14;/h11,16H,1-10H2,(H,17,20)(H,18,19);1H. The van der Waals surface area contributed by atoms with E-state index in [1.165, 1.54) is 32.1 Å². The number of hydrogen-bond donors (Lipinski definition) is 3. The summed E-state index contributed by atoms with van der Waals surface area (Å²) in [5, 5.41) is 13.5. The summed E-state index contributed by atoms with van der Waals surface area (Å²) in [6.07, 6.45) is 8.81. The molecule has 6 heteroatoms. The largest absolute Gasteiger partial charge is 0.351 e. The van der Waals surface area contributed by atoms with Gasteiger partial charge in [-0.2, -0.15) is 5.10 Å². The van der Waals surface area contributed by atoms with Gasteiger partial charge in [0.2, 0.25) is 0 Å². The number of carbonyl (C=O) groups is 1. The lowest BCUT2D eigenvalue weighted by Gasteiger charge is -2.13. The SMILES string of the molecule is Cl.O=C(NCCCC1CCCC1)c1n[nH]c2c1CNCC2. The first kappa shape index (κ1) is 16.3. The topological polar surface area (TPSA) is 69.8 Å². The Morgan fingerprint density at radius 1 is 1.33 bits per heavy atom. The molecule has 1 aliphatic heterocycles. The van der Waals surface area contributed by atoms with Crippen LogP contribution in [0.5, 0.6) is 0 Å². The molecule has 1 fully saturated rings. The first-order valence-electron chi connectivity index (χ1n) is 7.89.